The number of carbonyl (C=O) groups is 2. The van der Waals surface area contributed by atoms with Crippen molar-refractivity contribution in [1.82, 2.24) is 20.0 Å². The average Bonchev–Trinajstić information content (AvgIpc) is 3.45. The average molecular weight is 494 g/mol. The van der Waals surface area contributed by atoms with Gasteiger partial charge in [0, 0.05) is 44.6 Å². The van der Waals surface area contributed by atoms with E-state index < -0.39 is 0 Å². The number of aldehydes is 1. The Morgan fingerprint density at radius 3 is 2.64 bits per heavy atom. The maximum atomic E-state index is 12.7. The molecule has 0 aliphatic carbocycles. The molecule has 1 aliphatic heterocycles. The van der Waals surface area contributed by atoms with Gasteiger partial charge in [0.05, 0.1) is 31.4 Å². The third kappa shape index (κ3) is 6.85. The minimum atomic E-state index is -0.0189. The molecule has 1 atom stereocenters. The second-order valence-electron chi connectivity index (χ2n) is 8.91. The van der Waals surface area contributed by atoms with Crippen LogP contribution in [0.15, 0.2) is 48.8 Å². The number of amides is 1. The summed E-state index contributed by atoms with van der Waals surface area (Å²) in [5.74, 6) is 1.66. The van der Waals surface area contributed by atoms with Gasteiger partial charge in [-0.2, -0.15) is 5.10 Å². The number of rotatable bonds is 8. The van der Waals surface area contributed by atoms with E-state index in [1.165, 1.54) is 0 Å². The Hall–Kier alpha value is -3.85. The first-order valence-corrected chi connectivity index (χ1v) is 11.8. The van der Waals surface area contributed by atoms with Gasteiger partial charge in [0.2, 0.25) is 0 Å². The normalized spacial score (nSPS) is 14.1. The molecule has 0 fully saturated rings. The van der Waals surface area contributed by atoms with E-state index in [-0.39, 0.29) is 11.8 Å². The van der Waals surface area contributed by atoms with Gasteiger partial charge < -0.3 is 29.4 Å². The number of aromatic amines is 1. The Balaban J connectivity index is 0.000000221. The fourth-order valence-corrected chi connectivity index (χ4v) is 3.79. The summed E-state index contributed by atoms with van der Waals surface area (Å²) in [5, 5.41) is 9.84. The van der Waals surface area contributed by atoms with E-state index >= 15 is 0 Å². The molecular formula is C27H35N5O4. The molecule has 192 valence electrons. The number of aromatic nitrogens is 2. The minimum Gasteiger partial charge on any atom is -0.497 e. The van der Waals surface area contributed by atoms with Crippen molar-refractivity contribution >= 4 is 17.9 Å². The van der Waals surface area contributed by atoms with E-state index in [2.05, 4.69) is 20.4 Å². The number of nitrogens with one attached hydrogen (secondary N) is 2. The molecule has 9 heteroatoms. The summed E-state index contributed by atoms with van der Waals surface area (Å²) in [6.07, 6.45) is 5.26. The molecule has 2 N–H and O–H groups in total. The zero-order valence-electron chi connectivity index (χ0n) is 21.6. The second kappa shape index (κ2) is 12.7. The highest BCUT2D eigenvalue weighted by Gasteiger charge is 2.19. The molecule has 1 aromatic heterocycles. The van der Waals surface area contributed by atoms with E-state index in [1.54, 1.807) is 18.2 Å². The first kappa shape index (κ1) is 26.7. The Bertz CT molecular complexity index is 1150. The molecule has 2 aromatic carbocycles. The Morgan fingerprint density at radius 2 is 2.00 bits per heavy atom. The summed E-state index contributed by atoms with van der Waals surface area (Å²) in [4.78, 5) is 27.1. The van der Waals surface area contributed by atoms with E-state index in [9.17, 15) is 9.59 Å². The number of nitrogens with zero attached hydrogens (tertiary/aromatic N) is 3. The van der Waals surface area contributed by atoms with Gasteiger partial charge in [-0.3, -0.25) is 9.89 Å². The molecule has 1 unspecified atom stereocenters. The van der Waals surface area contributed by atoms with Crippen molar-refractivity contribution in [1.29, 1.82) is 0 Å². The van der Waals surface area contributed by atoms with Crippen molar-refractivity contribution in [2.75, 3.05) is 60.3 Å². The number of hydrogen-bond acceptors (Lipinski definition) is 7. The van der Waals surface area contributed by atoms with Crippen LogP contribution in [0.25, 0.3) is 11.1 Å². The smallest absolute Gasteiger partial charge is 0.255 e. The van der Waals surface area contributed by atoms with Crippen LogP contribution in [0.3, 0.4) is 0 Å². The first-order valence-electron chi connectivity index (χ1n) is 11.8. The van der Waals surface area contributed by atoms with Gasteiger partial charge in [-0.15, -0.1) is 0 Å². The summed E-state index contributed by atoms with van der Waals surface area (Å²) in [6.45, 7) is 2.01. The van der Waals surface area contributed by atoms with Crippen LogP contribution in [0.4, 0.5) is 5.69 Å². The molecule has 2 heterocycles. The molecule has 1 aliphatic rings. The summed E-state index contributed by atoms with van der Waals surface area (Å²) < 4.78 is 10.5. The van der Waals surface area contributed by atoms with Crippen molar-refractivity contribution in [2.45, 2.75) is 6.42 Å². The SMILES string of the molecule is CNc1ccc(-c2cn[nH]c2)cc1C(=O)N(C)CCN(C)C.COc1ccc2c(c1)CC(C=O)CO2. The quantitative estimate of drug-likeness (QED) is 0.465. The predicted octanol–water partition coefficient (Wildman–Crippen LogP) is 3.20. The summed E-state index contributed by atoms with van der Waals surface area (Å²) in [5.41, 5.74) is 4.48. The monoisotopic (exact) mass is 493 g/mol. The lowest BCUT2D eigenvalue weighted by Gasteiger charge is -2.21. The first-order chi connectivity index (χ1) is 17.4. The standard InChI is InChI=1S/C16H23N5O.C11H12O3/c1-17-15-6-5-12(13-10-18-19-11-13)9-14(15)16(22)21(4)8-7-20(2)3;1-13-10-2-3-11-9(5-10)4-8(6-12)7-14-11/h5-6,9-11,17H,7-8H2,1-4H3,(H,18,19);2-3,5-6,8H,4,7H2,1H3. The highest BCUT2D eigenvalue weighted by molar-refractivity contribution is 6.00. The van der Waals surface area contributed by atoms with Gasteiger partial charge in [0.15, 0.2) is 0 Å². The van der Waals surface area contributed by atoms with E-state index in [0.717, 1.165) is 53.1 Å². The van der Waals surface area contributed by atoms with Crippen molar-refractivity contribution in [2.24, 2.45) is 5.92 Å². The van der Waals surface area contributed by atoms with Crippen LogP contribution >= 0.6 is 0 Å². The zero-order valence-corrected chi connectivity index (χ0v) is 21.6. The number of ether oxygens (including phenoxy) is 2. The molecule has 3 aromatic rings. The van der Waals surface area contributed by atoms with Gasteiger partial charge in [-0.05, 0) is 62.0 Å². The number of H-pyrrole nitrogens is 1. The van der Waals surface area contributed by atoms with Gasteiger partial charge in [0.1, 0.15) is 17.8 Å². The fourth-order valence-electron chi connectivity index (χ4n) is 3.79. The summed E-state index contributed by atoms with van der Waals surface area (Å²) in [7, 11) is 9.27. The van der Waals surface area contributed by atoms with Crippen LogP contribution in [0.5, 0.6) is 11.5 Å². The number of hydrogen-bond donors (Lipinski definition) is 2. The van der Waals surface area contributed by atoms with Crippen molar-refractivity contribution in [3.8, 4) is 22.6 Å². The number of fused-ring (bicyclic) bond motifs is 1. The molecule has 36 heavy (non-hydrogen) atoms. The van der Waals surface area contributed by atoms with Crippen LogP contribution in [0.1, 0.15) is 15.9 Å². The Kier molecular flexibility index (Phi) is 9.46. The zero-order chi connectivity index (χ0) is 26.1. The largest absolute Gasteiger partial charge is 0.497 e. The van der Waals surface area contributed by atoms with Gasteiger partial charge >= 0.3 is 0 Å². The molecule has 0 saturated carbocycles. The van der Waals surface area contributed by atoms with E-state index in [0.29, 0.717) is 18.7 Å². The number of benzene rings is 2. The number of anilines is 1. The van der Waals surface area contributed by atoms with Gasteiger partial charge in [0.25, 0.3) is 5.91 Å². The van der Waals surface area contributed by atoms with Crippen LogP contribution < -0.4 is 14.8 Å². The molecule has 4 rings (SSSR count). The van der Waals surface area contributed by atoms with Crippen LogP contribution in [0.2, 0.25) is 0 Å². The van der Waals surface area contributed by atoms with Gasteiger partial charge in [-0.1, -0.05) is 6.07 Å². The fraction of sp³-hybridized carbons (Fsp3) is 0.370. The van der Waals surface area contributed by atoms with Crippen LogP contribution in [-0.4, -0.2) is 87.2 Å². The van der Waals surface area contributed by atoms with Crippen molar-refractivity contribution in [3.05, 3.63) is 59.9 Å². The molecule has 0 spiro atoms. The van der Waals surface area contributed by atoms with Crippen LogP contribution in [0, 0.1) is 5.92 Å². The molecule has 9 nitrogen and oxygen atoms in total. The predicted molar refractivity (Wildman–Crippen MR) is 141 cm³/mol. The lowest BCUT2D eigenvalue weighted by Crippen LogP contribution is -2.33. The summed E-state index contributed by atoms with van der Waals surface area (Å²) >= 11 is 0. The second-order valence-corrected chi connectivity index (χ2v) is 8.91. The van der Waals surface area contributed by atoms with Crippen molar-refractivity contribution in [3.63, 3.8) is 0 Å². The highest BCUT2D eigenvalue weighted by atomic mass is 16.5. The number of carbonyl (C=O) groups excluding carboxylic acids is 2. The topological polar surface area (TPSA) is 99.8 Å². The summed E-state index contributed by atoms with van der Waals surface area (Å²) in [6, 6.07) is 11.5. The third-order valence-corrected chi connectivity index (χ3v) is 5.98. The lowest BCUT2D eigenvalue weighted by molar-refractivity contribution is -0.112. The minimum absolute atomic E-state index is 0.0107. The van der Waals surface area contributed by atoms with Gasteiger partial charge in [-0.25, -0.2) is 0 Å². The molecular weight excluding hydrogens is 458 g/mol. The Labute approximate surface area is 212 Å². The van der Waals surface area contributed by atoms with Crippen molar-refractivity contribution < 1.29 is 19.1 Å². The number of methoxy groups -OCH3 is 1. The number of likely N-dealkylation sites (N-methyl/N-ethyl adjacent to an activating group) is 2. The molecule has 1 amide bonds. The molecule has 0 radical (unpaired) electrons. The maximum absolute atomic E-state index is 12.7. The lowest BCUT2D eigenvalue weighted by atomic mass is 9.98. The maximum Gasteiger partial charge on any atom is 0.255 e. The van der Waals surface area contributed by atoms with E-state index in [4.69, 9.17) is 9.47 Å². The van der Waals surface area contributed by atoms with E-state index in [1.807, 2.05) is 70.8 Å². The highest BCUT2D eigenvalue weighted by Crippen LogP contribution is 2.30. The Morgan fingerprint density at radius 1 is 1.19 bits per heavy atom. The molecule has 0 saturated heterocycles. The third-order valence-electron chi connectivity index (χ3n) is 5.98. The van der Waals surface area contributed by atoms with Crippen LogP contribution in [-0.2, 0) is 11.2 Å². The molecule has 0 bridgehead atoms.